The fourth-order valence-electron chi connectivity index (χ4n) is 2.65. The molecule has 1 atom stereocenters. The molecule has 0 aromatic heterocycles. The lowest BCUT2D eigenvalue weighted by molar-refractivity contribution is -0.142. The molecule has 0 bridgehead atoms. The highest BCUT2D eigenvalue weighted by Gasteiger charge is 2.28. The van der Waals surface area contributed by atoms with Crippen LogP contribution in [0.5, 0.6) is 5.75 Å². The van der Waals surface area contributed by atoms with Gasteiger partial charge in [-0.2, -0.15) is 0 Å². The molecular formula is C22H26Br2N2O3. The minimum absolute atomic E-state index is 0.150. The topological polar surface area (TPSA) is 58.6 Å². The molecule has 156 valence electrons. The normalized spacial score (nSPS) is 12.2. The van der Waals surface area contributed by atoms with E-state index in [0.717, 1.165) is 14.5 Å². The smallest absolute Gasteiger partial charge is 0.261 e. The number of hydrogen-bond donors (Lipinski definition) is 1. The fraction of sp³-hybridized carbons (Fsp3) is 0.364. The third-order valence-corrected chi connectivity index (χ3v) is 5.11. The molecular weight excluding hydrogens is 500 g/mol. The van der Waals surface area contributed by atoms with E-state index < -0.39 is 6.04 Å². The number of nitrogens with one attached hydrogen (secondary N) is 1. The molecule has 0 heterocycles. The second kappa shape index (κ2) is 10.3. The molecule has 0 saturated heterocycles. The van der Waals surface area contributed by atoms with E-state index in [1.165, 1.54) is 0 Å². The quantitative estimate of drug-likeness (QED) is 0.558. The molecule has 2 amide bonds. The van der Waals surface area contributed by atoms with E-state index in [9.17, 15) is 9.59 Å². The summed E-state index contributed by atoms with van der Waals surface area (Å²) >= 11 is 6.82. The van der Waals surface area contributed by atoms with Gasteiger partial charge < -0.3 is 15.0 Å². The van der Waals surface area contributed by atoms with E-state index in [0.29, 0.717) is 12.3 Å². The molecule has 0 aliphatic heterocycles. The molecule has 7 heteroatoms. The number of ether oxygens (including phenoxy) is 1. The minimum atomic E-state index is -0.644. The van der Waals surface area contributed by atoms with Crippen molar-refractivity contribution in [1.82, 2.24) is 10.2 Å². The maximum absolute atomic E-state index is 13.0. The zero-order chi connectivity index (χ0) is 21.6. The number of carbonyl (C=O) groups excluding carboxylic acids is 2. The molecule has 29 heavy (non-hydrogen) atoms. The lowest BCUT2D eigenvalue weighted by Gasteiger charge is -2.31. The van der Waals surface area contributed by atoms with Crippen molar-refractivity contribution >= 4 is 43.7 Å². The highest BCUT2D eigenvalue weighted by molar-refractivity contribution is 9.10. The Morgan fingerprint density at radius 3 is 2.31 bits per heavy atom. The van der Waals surface area contributed by atoms with Crippen molar-refractivity contribution < 1.29 is 14.3 Å². The van der Waals surface area contributed by atoms with Gasteiger partial charge in [0.25, 0.3) is 5.91 Å². The zero-order valence-electron chi connectivity index (χ0n) is 17.0. The number of amides is 2. The molecule has 0 spiro atoms. The molecule has 2 rings (SSSR count). The molecule has 0 saturated carbocycles. The van der Waals surface area contributed by atoms with Crippen molar-refractivity contribution in [3.8, 4) is 5.75 Å². The van der Waals surface area contributed by atoms with Gasteiger partial charge in [-0.25, -0.2) is 0 Å². The lowest BCUT2D eigenvalue weighted by atomic mass is 10.1. The van der Waals surface area contributed by atoms with Gasteiger partial charge >= 0.3 is 0 Å². The Bertz CT molecular complexity index is 848. The predicted octanol–water partition coefficient (Wildman–Crippen LogP) is 4.92. The highest BCUT2D eigenvalue weighted by Crippen LogP contribution is 2.18. The van der Waals surface area contributed by atoms with Gasteiger partial charge in [-0.1, -0.05) is 44.0 Å². The van der Waals surface area contributed by atoms with Crippen LogP contribution in [-0.2, 0) is 16.1 Å². The summed E-state index contributed by atoms with van der Waals surface area (Å²) < 4.78 is 7.49. The summed E-state index contributed by atoms with van der Waals surface area (Å²) in [6.07, 6.45) is 0. The van der Waals surface area contributed by atoms with Gasteiger partial charge in [0.1, 0.15) is 11.8 Å². The summed E-state index contributed by atoms with van der Waals surface area (Å²) in [5.41, 5.74) is 0.538. The number of nitrogens with zero attached hydrogens (tertiary/aromatic N) is 1. The average molecular weight is 526 g/mol. The minimum Gasteiger partial charge on any atom is -0.484 e. The van der Waals surface area contributed by atoms with Gasteiger partial charge in [-0.15, -0.1) is 0 Å². The number of rotatable bonds is 7. The van der Waals surface area contributed by atoms with Gasteiger partial charge in [0, 0.05) is 21.0 Å². The van der Waals surface area contributed by atoms with Gasteiger partial charge in [0.2, 0.25) is 5.91 Å². The molecule has 0 aliphatic rings. The first kappa shape index (κ1) is 23.4. The van der Waals surface area contributed by atoms with E-state index >= 15 is 0 Å². The van der Waals surface area contributed by atoms with Crippen molar-refractivity contribution in [3.05, 3.63) is 63.0 Å². The molecule has 0 radical (unpaired) electrons. The van der Waals surface area contributed by atoms with Gasteiger partial charge in [-0.05, 0) is 69.7 Å². The third-order valence-electron chi connectivity index (χ3n) is 4.08. The first-order chi connectivity index (χ1) is 13.5. The summed E-state index contributed by atoms with van der Waals surface area (Å²) in [5, 5.41) is 2.94. The Morgan fingerprint density at radius 1 is 1.07 bits per heavy atom. The first-order valence-corrected chi connectivity index (χ1v) is 10.9. The Morgan fingerprint density at radius 2 is 1.72 bits per heavy atom. The Labute approximate surface area is 189 Å². The predicted molar refractivity (Wildman–Crippen MR) is 122 cm³/mol. The van der Waals surface area contributed by atoms with Crippen molar-refractivity contribution in [3.63, 3.8) is 0 Å². The van der Waals surface area contributed by atoms with Crippen LogP contribution >= 0.6 is 31.9 Å². The molecule has 0 aliphatic carbocycles. The third kappa shape index (κ3) is 7.82. The summed E-state index contributed by atoms with van der Waals surface area (Å²) in [6, 6.07) is 14.3. The number of hydrogen-bond acceptors (Lipinski definition) is 3. The molecule has 5 nitrogen and oxygen atoms in total. The summed E-state index contributed by atoms with van der Waals surface area (Å²) in [5.74, 6) is 0.129. The van der Waals surface area contributed by atoms with Crippen LogP contribution in [0.25, 0.3) is 0 Å². The van der Waals surface area contributed by atoms with Crippen molar-refractivity contribution in [1.29, 1.82) is 0 Å². The van der Waals surface area contributed by atoms with E-state index in [2.05, 4.69) is 37.2 Å². The molecule has 0 fully saturated rings. The second-order valence-electron chi connectivity index (χ2n) is 7.81. The van der Waals surface area contributed by atoms with Crippen molar-refractivity contribution in [2.45, 2.75) is 45.8 Å². The van der Waals surface area contributed by atoms with E-state index in [4.69, 9.17) is 4.74 Å². The van der Waals surface area contributed by atoms with Crippen LogP contribution < -0.4 is 10.1 Å². The van der Waals surface area contributed by atoms with Crippen LogP contribution in [-0.4, -0.2) is 34.9 Å². The van der Waals surface area contributed by atoms with Crippen LogP contribution in [0.3, 0.4) is 0 Å². The van der Waals surface area contributed by atoms with Crippen LogP contribution in [0.4, 0.5) is 0 Å². The van der Waals surface area contributed by atoms with Crippen LogP contribution in [0.15, 0.2) is 57.5 Å². The summed E-state index contributed by atoms with van der Waals surface area (Å²) in [4.78, 5) is 27.2. The van der Waals surface area contributed by atoms with Gasteiger partial charge in [0.15, 0.2) is 6.61 Å². The summed E-state index contributed by atoms with van der Waals surface area (Å²) in [7, 11) is 0. The maximum Gasteiger partial charge on any atom is 0.261 e. The second-order valence-corrected chi connectivity index (χ2v) is 9.64. The lowest BCUT2D eigenvalue weighted by Crippen LogP contribution is -2.53. The van der Waals surface area contributed by atoms with Crippen LogP contribution in [0.2, 0.25) is 0 Å². The van der Waals surface area contributed by atoms with Crippen molar-refractivity contribution in [2.75, 3.05) is 6.61 Å². The molecule has 2 aromatic carbocycles. The summed E-state index contributed by atoms with van der Waals surface area (Å²) in [6.45, 7) is 7.62. The van der Waals surface area contributed by atoms with Gasteiger partial charge in [-0.3, -0.25) is 9.59 Å². The zero-order valence-corrected chi connectivity index (χ0v) is 20.2. The maximum atomic E-state index is 13.0. The standard InChI is InChI=1S/C22H26Br2N2O3/c1-15(21(28)25-22(2,3)4)26(13-16-6-5-7-18(24)12-16)20(27)14-29-19-10-8-17(23)9-11-19/h5-12,15H,13-14H2,1-4H3,(H,25,28)/t15-/m1/s1. The molecule has 2 aromatic rings. The Kier molecular flexibility index (Phi) is 8.28. The van der Waals surface area contributed by atoms with E-state index in [-0.39, 0.29) is 24.0 Å². The SMILES string of the molecule is C[C@H](C(=O)NC(C)(C)C)N(Cc1cccc(Br)c1)C(=O)COc1ccc(Br)cc1. The monoisotopic (exact) mass is 524 g/mol. The van der Waals surface area contributed by atoms with E-state index in [1.807, 2.05) is 57.2 Å². The van der Waals surface area contributed by atoms with Crippen molar-refractivity contribution in [2.24, 2.45) is 0 Å². The number of carbonyl (C=O) groups is 2. The first-order valence-electron chi connectivity index (χ1n) is 9.29. The van der Waals surface area contributed by atoms with Crippen LogP contribution in [0.1, 0.15) is 33.3 Å². The Balaban J connectivity index is 2.16. The number of benzene rings is 2. The van der Waals surface area contributed by atoms with E-state index in [1.54, 1.807) is 24.0 Å². The molecule has 1 N–H and O–H groups in total. The highest BCUT2D eigenvalue weighted by atomic mass is 79.9. The molecule has 0 unspecified atom stereocenters. The fourth-order valence-corrected chi connectivity index (χ4v) is 3.36. The Hall–Kier alpha value is -1.86. The number of halogens is 2. The van der Waals surface area contributed by atoms with Gasteiger partial charge in [0.05, 0.1) is 0 Å². The van der Waals surface area contributed by atoms with Crippen LogP contribution in [0, 0.1) is 0 Å². The largest absolute Gasteiger partial charge is 0.484 e. The average Bonchev–Trinajstić information content (AvgIpc) is 2.63.